The molecule has 1 aliphatic carbocycles. The standard InChI is InChI=1S/C13H18BrN3O3/c14-10-8-12(17(18)19)13(16-9-10)15-6-7-20-11-4-2-1-3-5-11/h8-9,11H,1-7H2,(H,15,16). The zero-order chi connectivity index (χ0) is 14.4. The fourth-order valence-electron chi connectivity index (χ4n) is 2.33. The van der Waals surface area contributed by atoms with Crippen LogP contribution in [0.1, 0.15) is 32.1 Å². The predicted octanol–water partition coefficient (Wildman–Crippen LogP) is 3.51. The zero-order valence-corrected chi connectivity index (χ0v) is 12.8. The van der Waals surface area contributed by atoms with Gasteiger partial charge in [-0.1, -0.05) is 19.3 Å². The SMILES string of the molecule is O=[N+]([O-])c1cc(Br)cnc1NCCOC1CCCCC1. The summed E-state index contributed by atoms with van der Waals surface area (Å²) in [7, 11) is 0. The molecule has 1 saturated carbocycles. The van der Waals surface area contributed by atoms with Gasteiger partial charge in [-0.2, -0.15) is 0 Å². The largest absolute Gasteiger partial charge is 0.376 e. The van der Waals surface area contributed by atoms with Gasteiger partial charge in [0.2, 0.25) is 5.82 Å². The van der Waals surface area contributed by atoms with Crippen molar-refractivity contribution in [3.8, 4) is 0 Å². The number of aromatic nitrogens is 1. The molecule has 110 valence electrons. The molecule has 0 unspecified atom stereocenters. The van der Waals surface area contributed by atoms with Crippen molar-refractivity contribution in [1.82, 2.24) is 4.98 Å². The van der Waals surface area contributed by atoms with E-state index >= 15 is 0 Å². The number of ether oxygens (including phenoxy) is 1. The molecule has 1 fully saturated rings. The Labute approximate surface area is 126 Å². The quantitative estimate of drug-likeness (QED) is 0.485. The molecular formula is C13H18BrN3O3. The summed E-state index contributed by atoms with van der Waals surface area (Å²) in [6, 6.07) is 1.44. The summed E-state index contributed by atoms with van der Waals surface area (Å²) in [4.78, 5) is 14.5. The summed E-state index contributed by atoms with van der Waals surface area (Å²) >= 11 is 3.18. The molecule has 0 radical (unpaired) electrons. The second-order valence-corrected chi connectivity index (χ2v) is 5.75. The molecule has 6 nitrogen and oxygen atoms in total. The third kappa shape index (κ3) is 4.42. The average molecular weight is 344 g/mol. The molecule has 1 heterocycles. The van der Waals surface area contributed by atoms with Gasteiger partial charge in [-0.05, 0) is 28.8 Å². The maximum Gasteiger partial charge on any atom is 0.312 e. The van der Waals surface area contributed by atoms with E-state index in [-0.39, 0.29) is 11.5 Å². The number of hydrogen-bond donors (Lipinski definition) is 1. The highest BCUT2D eigenvalue weighted by Gasteiger charge is 2.16. The summed E-state index contributed by atoms with van der Waals surface area (Å²) in [5.74, 6) is 0.283. The topological polar surface area (TPSA) is 77.3 Å². The smallest absolute Gasteiger partial charge is 0.312 e. The second-order valence-electron chi connectivity index (χ2n) is 4.84. The predicted molar refractivity (Wildman–Crippen MR) is 79.9 cm³/mol. The molecular weight excluding hydrogens is 326 g/mol. The Morgan fingerprint density at radius 1 is 1.45 bits per heavy atom. The summed E-state index contributed by atoms with van der Waals surface area (Å²) in [5, 5.41) is 13.9. The van der Waals surface area contributed by atoms with Crippen LogP contribution in [0.3, 0.4) is 0 Å². The fraction of sp³-hybridized carbons (Fsp3) is 0.615. The highest BCUT2D eigenvalue weighted by Crippen LogP contribution is 2.25. The van der Waals surface area contributed by atoms with Crippen molar-refractivity contribution in [3.05, 3.63) is 26.9 Å². The van der Waals surface area contributed by atoms with Gasteiger partial charge in [0.1, 0.15) is 0 Å². The molecule has 1 aromatic heterocycles. The number of anilines is 1. The van der Waals surface area contributed by atoms with Gasteiger partial charge < -0.3 is 10.1 Å². The van der Waals surface area contributed by atoms with Crippen LogP contribution in [0.4, 0.5) is 11.5 Å². The molecule has 0 saturated heterocycles. The van der Waals surface area contributed by atoms with Crippen LogP contribution in [0.5, 0.6) is 0 Å². The van der Waals surface area contributed by atoms with E-state index in [1.54, 1.807) is 0 Å². The summed E-state index contributed by atoms with van der Waals surface area (Å²) in [5.41, 5.74) is -0.0305. The van der Waals surface area contributed by atoms with Crippen molar-refractivity contribution in [1.29, 1.82) is 0 Å². The Kier molecular flexibility index (Phi) is 5.72. The van der Waals surface area contributed by atoms with Crippen molar-refractivity contribution in [2.75, 3.05) is 18.5 Å². The molecule has 0 spiro atoms. The number of halogens is 1. The van der Waals surface area contributed by atoms with Crippen molar-refractivity contribution in [2.45, 2.75) is 38.2 Å². The molecule has 1 aromatic rings. The van der Waals surface area contributed by atoms with Gasteiger partial charge in [0.15, 0.2) is 0 Å². The molecule has 20 heavy (non-hydrogen) atoms. The van der Waals surface area contributed by atoms with Crippen LogP contribution in [0.2, 0.25) is 0 Å². The Hall–Kier alpha value is -1.21. The lowest BCUT2D eigenvalue weighted by atomic mass is 9.98. The fourth-order valence-corrected chi connectivity index (χ4v) is 2.65. The first-order valence-corrected chi connectivity index (χ1v) is 7.61. The molecule has 0 aromatic carbocycles. The van der Waals surface area contributed by atoms with E-state index in [2.05, 4.69) is 26.2 Å². The average Bonchev–Trinajstić information content (AvgIpc) is 2.45. The van der Waals surface area contributed by atoms with Crippen molar-refractivity contribution in [3.63, 3.8) is 0 Å². The van der Waals surface area contributed by atoms with E-state index in [4.69, 9.17) is 4.74 Å². The van der Waals surface area contributed by atoms with Crippen molar-refractivity contribution in [2.24, 2.45) is 0 Å². The van der Waals surface area contributed by atoms with Gasteiger partial charge in [-0.25, -0.2) is 4.98 Å². The van der Waals surface area contributed by atoms with Crippen LogP contribution in [0, 0.1) is 10.1 Å². The Morgan fingerprint density at radius 2 is 2.20 bits per heavy atom. The molecule has 0 atom stereocenters. The Morgan fingerprint density at radius 3 is 2.90 bits per heavy atom. The third-order valence-corrected chi connectivity index (χ3v) is 3.76. The van der Waals surface area contributed by atoms with Crippen LogP contribution in [0.15, 0.2) is 16.7 Å². The Bertz CT molecular complexity index is 464. The number of pyridine rings is 1. The molecule has 1 N–H and O–H groups in total. The number of nitrogens with one attached hydrogen (secondary N) is 1. The van der Waals surface area contributed by atoms with Gasteiger partial charge >= 0.3 is 5.69 Å². The second kappa shape index (κ2) is 7.54. The maximum atomic E-state index is 10.9. The first-order chi connectivity index (χ1) is 9.66. The summed E-state index contributed by atoms with van der Waals surface area (Å²) < 4.78 is 6.35. The van der Waals surface area contributed by atoms with Gasteiger partial charge in [-0.3, -0.25) is 10.1 Å². The molecule has 2 rings (SSSR count). The molecule has 0 bridgehead atoms. The summed E-state index contributed by atoms with van der Waals surface area (Å²) in [6.07, 6.45) is 7.89. The van der Waals surface area contributed by atoms with Crippen LogP contribution >= 0.6 is 15.9 Å². The van der Waals surface area contributed by atoms with Crippen LogP contribution in [0.25, 0.3) is 0 Å². The van der Waals surface area contributed by atoms with E-state index in [9.17, 15) is 10.1 Å². The van der Waals surface area contributed by atoms with Crippen LogP contribution in [-0.2, 0) is 4.74 Å². The number of nitrogens with zero attached hydrogens (tertiary/aromatic N) is 2. The van der Waals surface area contributed by atoms with E-state index in [1.807, 2.05) is 0 Å². The first-order valence-electron chi connectivity index (χ1n) is 6.82. The highest BCUT2D eigenvalue weighted by atomic mass is 79.9. The zero-order valence-electron chi connectivity index (χ0n) is 11.2. The Balaban J connectivity index is 1.80. The minimum atomic E-state index is -0.442. The summed E-state index contributed by atoms with van der Waals surface area (Å²) in [6.45, 7) is 1.06. The lowest BCUT2D eigenvalue weighted by molar-refractivity contribution is -0.384. The van der Waals surface area contributed by atoms with Crippen molar-refractivity contribution < 1.29 is 9.66 Å². The molecule has 0 amide bonds. The maximum absolute atomic E-state index is 10.9. The molecule has 1 aliphatic rings. The van der Waals surface area contributed by atoms with Gasteiger partial charge in [0.05, 0.1) is 17.6 Å². The first kappa shape index (κ1) is 15.2. The van der Waals surface area contributed by atoms with E-state index in [1.165, 1.54) is 31.5 Å². The molecule has 7 heteroatoms. The van der Waals surface area contributed by atoms with Crippen molar-refractivity contribution >= 4 is 27.4 Å². The lowest BCUT2D eigenvalue weighted by Gasteiger charge is -2.22. The monoisotopic (exact) mass is 343 g/mol. The minimum Gasteiger partial charge on any atom is -0.376 e. The van der Waals surface area contributed by atoms with Gasteiger partial charge in [0.25, 0.3) is 0 Å². The van der Waals surface area contributed by atoms with E-state index < -0.39 is 4.92 Å². The number of nitro groups is 1. The van der Waals surface area contributed by atoms with Crippen LogP contribution < -0.4 is 5.32 Å². The van der Waals surface area contributed by atoms with Gasteiger partial charge in [0, 0.05) is 23.3 Å². The lowest BCUT2D eigenvalue weighted by Crippen LogP contribution is -2.21. The highest BCUT2D eigenvalue weighted by molar-refractivity contribution is 9.10. The van der Waals surface area contributed by atoms with E-state index in [0.717, 1.165) is 12.8 Å². The van der Waals surface area contributed by atoms with Gasteiger partial charge in [-0.15, -0.1) is 0 Å². The number of hydrogen-bond acceptors (Lipinski definition) is 5. The van der Waals surface area contributed by atoms with Crippen LogP contribution in [-0.4, -0.2) is 29.2 Å². The van der Waals surface area contributed by atoms with E-state index in [0.29, 0.717) is 23.7 Å². The third-order valence-electron chi connectivity index (χ3n) is 3.33. The minimum absolute atomic E-state index is 0.0305. The normalized spacial score (nSPS) is 16.1. The number of rotatable bonds is 6. The molecule has 0 aliphatic heterocycles.